The van der Waals surface area contributed by atoms with Crippen molar-refractivity contribution in [3.05, 3.63) is 17.2 Å². The van der Waals surface area contributed by atoms with Crippen molar-refractivity contribution in [2.24, 2.45) is 0 Å². The van der Waals surface area contributed by atoms with Crippen LogP contribution in [0.1, 0.15) is 52.5 Å². The van der Waals surface area contributed by atoms with Crippen LogP contribution >= 0.6 is 0 Å². The SMILES string of the molecule is CN1CCN(C(=O)c2nc(C(=O)N3CCCC3)n3c2CCCC3)CC1. The first-order valence-corrected chi connectivity index (χ1v) is 9.51. The van der Waals surface area contributed by atoms with E-state index in [4.69, 9.17) is 0 Å². The summed E-state index contributed by atoms with van der Waals surface area (Å²) in [6.45, 7) is 5.66. The van der Waals surface area contributed by atoms with E-state index in [1.165, 1.54) is 0 Å². The maximum Gasteiger partial charge on any atom is 0.289 e. The largest absolute Gasteiger partial charge is 0.336 e. The van der Waals surface area contributed by atoms with Gasteiger partial charge in [-0.3, -0.25) is 9.59 Å². The molecule has 7 heteroatoms. The number of piperazine rings is 1. The molecule has 0 radical (unpaired) electrons. The Morgan fingerprint density at radius 3 is 2.16 bits per heavy atom. The second-order valence-electron chi connectivity index (χ2n) is 7.43. The summed E-state index contributed by atoms with van der Waals surface area (Å²) in [6.07, 6.45) is 5.08. The van der Waals surface area contributed by atoms with E-state index in [0.717, 1.165) is 83.6 Å². The second-order valence-corrected chi connectivity index (χ2v) is 7.43. The van der Waals surface area contributed by atoms with Crippen LogP contribution in [0.3, 0.4) is 0 Å². The Bertz CT molecular complexity index is 669. The fraction of sp³-hybridized carbons (Fsp3) is 0.722. The topological polar surface area (TPSA) is 61.7 Å². The average Bonchev–Trinajstić information content (AvgIpc) is 3.29. The molecule has 4 heterocycles. The molecule has 1 aromatic rings. The molecule has 4 rings (SSSR count). The minimum Gasteiger partial charge on any atom is -0.336 e. The number of carbonyl (C=O) groups is 2. The second kappa shape index (κ2) is 6.78. The normalized spacial score (nSPS) is 21.5. The Morgan fingerprint density at radius 1 is 0.800 bits per heavy atom. The van der Waals surface area contributed by atoms with Crippen LogP contribution in [-0.2, 0) is 13.0 Å². The molecule has 2 amide bonds. The van der Waals surface area contributed by atoms with Crippen molar-refractivity contribution in [2.45, 2.75) is 38.6 Å². The van der Waals surface area contributed by atoms with Crippen molar-refractivity contribution in [2.75, 3.05) is 46.3 Å². The van der Waals surface area contributed by atoms with Crippen LogP contribution in [0.5, 0.6) is 0 Å². The van der Waals surface area contributed by atoms with Gasteiger partial charge in [-0.1, -0.05) is 0 Å². The Morgan fingerprint density at radius 2 is 1.44 bits per heavy atom. The van der Waals surface area contributed by atoms with Crippen molar-refractivity contribution in [1.29, 1.82) is 0 Å². The summed E-state index contributed by atoms with van der Waals surface area (Å²) in [6, 6.07) is 0. The smallest absolute Gasteiger partial charge is 0.289 e. The maximum atomic E-state index is 13.0. The van der Waals surface area contributed by atoms with Crippen LogP contribution in [0.15, 0.2) is 0 Å². The van der Waals surface area contributed by atoms with Crippen LogP contribution in [0.2, 0.25) is 0 Å². The fourth-order valence-corrected chi connectivity index (χ4v) is 4.10. The Labute approximate surface area is 148 Å². The summed E-state index contributed by atoms with van der Waals surface area (Å²) in [5.41, 5.74) is 1.49. The molecule has 136 valence electrons. The minimum absolute atomic E-state index is 0.000720. The number of likely N-dealkylation sites (N-methyl/N-ethyl adjacent to an activating group) is 1. The highest BCUT2D eigenvalue weighted by Gasteiger charge is 2.32. The van der Waals surface area contributed by atoms with Gasteiger partial charge in [0.15, 0.2) is 5.82 Å². The third-order valence-electron chi connectivity index (χ3n) is 5.70. The predicted octanol–water partition coefficient (Wildman–Crippen LogP) is 0.843. The molecule has 0 bridgehead atoms. The highest BCUT2D eigenvalue weighted by molar-refractivity contribution is 5.97. The van der Waals surface area contributed by atoms with E-state index in [1.807, 2.05) is 14.4 Å². The van der Waals surface area contributed by atoms with Crippen molar-refractivity contribution in [1.82, 2.24) is 24.3 Å². The molecule has 2 saturated heterocycles. The summed E-state index contributed by atoms with van der Waals surface area (Å²) < 4.78 is 2.02. The molecular formula is C18H27N5O2. The van der Waals surface area contributed by atoms with Gasteiger partial charge in [-0.2, -0.15) is 0 Å². The highest BCUT2D eigenvalue weighted by atomic mass is 16.2. The van der Waals surface area contributed by atoms with Gasteiger partial charge in [0.2, 0.25) is 0 Å². The van der Waals surface area contributed by atoms with E-state index in [2.05, 4.69) is 16.9 Å². The van der Waals surface area contributed by atoms with Crippen LogP contribution < -0.4 is 0 Å². The zero-order chi connectivity index (χ0) is 17.4. The quantitative estimate of drug-likeness (QED) is 0.797. The number of amides is 2. The zero-order valence-corrected chi connectivity index (χ0v) is 15.0. The van der Waals surface area contributed by atoms with Gasteiger partial charge in [-0.05, 0) is 39.2 Å². The standard InChI is InChI=1S/C18H27N5O2/c1-20-10-12-22(13-11-20)17(24)15-14-6-2-3-9-23(14)16(19-15)18(25)21-7-4-5-8-21/h2-13H2,1H3. The number of aromatic nitrogens is 2. The molecule has 0 atom stereocenters. The summed E-state index contributed by atoms with van der Waals surface area (Å²) in [4.78, 5) is 36.5. The van der Waals surface area contributed by atoms with Crippen molar-refractivity contribution < 1.29 is 9.59 Å². The molecule has 0 spiro atoms. The zero-order valence-electron chi connectivity index (χ0n) is 15.0. The molecule has 0 N–H and O–H groups in total. The van der Waals surface area contributed by atoms with Gasteiger partial charge in [0.25, 0.3) is 11.8 Å². The minimum atomic E-state index is -0.00178. The van der Waals surface area contributed by atoms with E-state index in [-0.39, 0.29) is 11.8 Å². The van der Waals surface area contributed by atoms with Gasteiger partial charge < -0.3 is 19.3 Å². The molecule has 1 aromatic heterocycles. The third-order valence-corrected chi connectivity index (χ3v) is 5.70. The van der Waals surface area contributed by atoms with Gasteiger partial charge in [0.1, 0.15) is 5.69 Å². The van der Waals surface area contributed by atoms with Crippen LogP contribution in [0, 0.1) is 0 Å². The Balaban J connectivity index is 1.63. The first-order chi connectivity index (χ1) is 12.1. The summed E-state index contributed by atoms with van der Waals surface area (Å²) in [5.74, 6) is 0.478. The number of carbonyl (C=O) groups excluding carboxylic acids is 2. The first-order valence-electron chi connectivity index (χ1n) is 9.51. The molecule has 0 aliphatic carbocycles. The lowest BCUT2D eigenvalue weighted by atomic mass is 10.1. The third kappa shape index (κ3) is 3.05. The number of rotatable bonds is 2. The number of hydrogen-bond acceptors (Lipinski definition) is 4. The molecule has 2 fully saturated rings. The number of nitrogens with zero attached hydrogens (tertiary/aromatic N) is 5. The highest BCUT2D eigenvalue weighted by Crippen LogP contribution is 2.24. The number of imidazole rings is 1. The predicted molar refractivity (Wildman–Crippen MR) is 93.7 cm³/mol. The lowest BCUT2D eigenvalue weighted by Crippen LogP contribution is -2.47. The van der Waals surface area contributed by atoms with E-state index in [9.17, 15) is 9.59 Å². The molecule has 0 unspecified atom stereocenters. The van der Waals surface area contributed by atoms with Crippen LogP contribution in [-0.4, -0.2) is 82.4 Å². The van der Waals surface area contributed by atoms with Gasteiger partial charge >= 0.3 is 0 Å². The van der Waals surface area contributed by atoms with Crippen LogP contribution in [0.25, 0.3) is 0 Å². The van der Waals surface area contributed by atoms with E-state index in [0.29, 0.717) is 11.5 Å². The monoisotopic (exact) mass is 345 g/mol. The lowest BCUT2D eigenvalue weighted by Gasteiger charge is -2.32. The molecule has 3 aliphatic rings. The summed E-state index contributed by atoms with van der Waals surface area (Å²) in [5, 5.41) is 0. The van der Waals surface area contributed by atoms with Crippen molar-refractivity contribution in [3.63, 3.8) is 0 Å². The van der Waals surface area contributed by atoms with Gasteiger partial charge in [-0.25, -0.2) is 4.98 Å². The number of likely N-dealkylation sites (tertiary alicyclic amines) is 1. The van der Waals surface area contributed by atoms with E-state index in [1.54, 1.807) is 0 Å². The molecule has 0 aromatic carbocycles. The lowest BCUT2D eigenvalue weighted by molar-refractivity contribution is 0.0657. The molecule has 7 nitrogen and oxygen atoms in total. The fourth-order valence-electron chi connectivity index (χ4n) is 4.10. The summed E-state index contributed by atoms with van der Waals surface area (Å²) in [7, 11) is 2.08. The number of fused-ring (bicyclic) bond motifs is 1. The molecule has 0 saturated carbocycles. The Hall–Kier alpha value is -1.89. The average molecular weight is 345 g/mol. The van der Waals surface area contributed by atoms with Crippen molar-refractivity contribution >= 4 is 11.8 Å². The van der Waals surface area contributed by atoms with Gasteiger partial charge in [0.05, 0.1) is 5.69 Å². The summed E-state index contributed by atoms with van der Waals surface area (Å²) >= 11 is 0. The molecule has 25 heavy (non-hydrogen) atoms. The van der Waals surface area contributed by atoms with Crippen LogP contribution in [0.4, 0.5) is 0 Å². The number of hydrogen-bond donors (Lipinski definition) is 0. The van der Waals surface area contributed by atoms with E-state index >= 15 is 0 Å². The van der Waals surface area contributed by atoms with Gasteiger partial charge in [0, 0.05) is 45.8 Å². The van der Waals surface area contributed by atoms with Crippen molar-refractivity contribution in [3.8, 4) is 0 Å². The molecule has 3 aliphatic heterocycles. The van der Waals surface area contributed by atoms with Gasteiger partial charge in [-0.15, -0.1) is 0 Å². The Kier molecular flexibility index (Phi) is 4.50. The molecular weight excluding hydrogens is 318 g/mol. The maximum absolute atomic E-state index is 13.0. The van der Waals surface area contributed by atoms with E-state index < -0.39 is 0 Å². The first kappa shape index (κ1) is 16.6.